The fraction of sp³-hybridized carbons (Fsp3) is 0.333. The van der Waals surface area contributed by atoms with Crippen LogP contribution in [0.4, 0.5) is 0 Å². The summed E-state index contributed by atoms with van der Waals surface area (Å²) in [5.41, 5.74) is 0.417. The Balaban J connectivity index is 2.24. The van der Waals surface area contributed by atoms with Gasteiger partial charge in [-0.1, -0.05) is 27.5 Å². The van der Waals surface area contributed by atoms with Crippen LogP contribution in [-0.4, -0.2) is 36.3 Å². The maximum absolute atomic E-state index is 12.3. The highest BCUT2D eigenvalue weighted by molar-refractivity contribution is 9.10. The Hall–Kier alpha value is -1.07. The minimum atomic E-state index is -0.210. The SMILES string of the molecule is O=C1CN(C(=O)c2cc(Br)ccc2Cl)CCCN1. The Morgan fingerprint density at radius 1 is 1.44 bits per heavy atom. The number of carbonyl (C=O) groups is 2. The van der Waals surface area contributed by atoms with Gasteiger partial charge >= 0.3 is 0 Å². The minimum Gasteiger partial charge on any atom is -0.354 e. The Kier molecular flexibility index (Phi) is 4.24. The molecule has 0 bridgehead atoms. The van der Waals surface area contributed by atoms with Crippen LogP contribution in [0.25, 0.3) is 0 Å². The molecule has 2 amide bonds. The van der Waals surface area contributed by atoms with E-state index in [9.17, 15) is 9.59 Å². The monoisotopic (exact) mass is 330 g/mol. The van der Waals surface area contributed by atoms with E-state index in [2.05, 4.69) is 21.2 Å². The van der Waals surface area contributed by atoms with Crippen molar-refractivity contribution < 1.29 is 9.59 Å². The van der Waals surface area contributed by atoms with E-state index in [1.807, 2.05) is 0 Å². The molecule has 2 rings (SSSR count). The fourth-order valence-corrected chi connectivity index (χ4v) is 2.37. The summed E-state index contributed by atoms with van der Waals surface area (Å²) in [5.74, 6) is -0.342. The van der Waals surface area contributed by atoms with Crippen molar-refractivity contribution in [2.75, 3.05) is 19.6 Å². The van der Waals surface area contributed by atoms with E-state index in [-0.39, 0.29) is 18.4 Å². The molecule has 0 atom stereocenters. The van der Waals surface area contributed by atoms with Gasteiger partial charge < -0.3 is 10.2 Å². The van der Waals surface area contributed by atoms with Crippen molar-refractivity contribution in [3.63, 3.8) is 0 Å². The Labute approximate surface area is 118 Å². The summed E-state index contributed by atoms with van der Waals surface area (Å²) in [6, 6.07) is 5.11. The van der Waals surface area contributed by atoms with Gasteiger partial charge in [-0.2, -0.15) is 0 Å². The zero-order valence-corrected chi connectivity index (χ0v) is 11.9. The van der Waals surface area contributed by atoms with Gasteiger partial charge in [-0.3, -0.25) is 9.59 Å². The predicted molar refractivity (Wildman–Crippen MR) is 72.7 cm³/mol. The fourth-order valence-electron chi connectivity index (χ4n) is 1.81. The molecular formula is C12H12BrClN2O2. The van der Waals surface area contributed by atoms with Gasteiger partial charge in [0.2, 0.25) is 5.91 Å². The molecule has 18 heavy (non-hydrogen) atoms. The maximum Gasteiger partial charge on any atom is 0.255 e. The Morgan fingerprint density at radius 3 is 3.00 bits per heavy atom. The zero-order valence-electron chi connectivity index (χ0n) is 9.58. The molecule has 1 aliphatic heterocycles. The maximum atomic E-state index is 12.3. The normalized spacial score (nSPS) is 16.1. The second-order valence-electron chi connectivity index (χ2n) is 4.05. The van der Waals surface area contributed by atoms with Gasteiger partial charge in [0.05, 0.1) is 17.1 Å². The molecule has 96 valence electrons. The molecule has 1 aliphatic rings. The van der Waals surface area contributed by atoms with E-state index in [1.165, 1.54) is 4.90 Å². The number of hydrogen-bond donors (Lipinski definition) is 1. The first-order valence-corrected chi connectivity index (χ1v) is 6.76. The number of hydrogen-bond acceptors (Lipinski definition) is 2. The number of benzene rings is 1. The van der Waals surface area contributed by atoms with E-state index < -0.39 is 0 Å². The van der Waals surface area contributed by atoms with Crippen LogP contribution in [0.3, 0.4) is 0 Å². The van der Waals surface area contributed by atoms with E-state index >= 15 is 0 Å². The quantitative estimate of drug-likeness (QED) is 0.856. The second kappa shape index (κ2) is 5.71. The van der Waals surface area contributed by atoms with Crippen molar-refractivity contribution in [2.24, 2.45) is 0 Å². The van der Waals surface area contributed by atoms with Gasteiger partial charge in [-0.25, -0.2) is 0 Å². The third-order valence-electron chi connectivity index (χ3n) is 2.71. The molecule has 0 spiro atoms. The third-order valence-corrected chi connectivity index (χ3v) is 3.53. The van der Waals surface area contributed by atoms with Gasteiger partial charge in [-0.05, 0) is 24.6 Å². The summed E-state index contributed by atoms with van der Waals surface area (Å²) in [6.45, 7) is 1.25. The van der Waals surface area contributed by atoms with Crippen molar-refractivity contribution in [3.05, 3.63) is 33.3 Å². The molecule has 6 heteroatoms. The smallest absolute Gasteiger partial charge is 0.255 e. The van der Waals surface area contributed by atoms with Gasteiger partial charge in [0.1, 0.15) is 0 Å². The lowest BCUT2D eigenvalue weighted by Crippen LogP contribution is -2.37. The molecule has 1 saturated heterocycles. The predicted octanol–water partition coefficient (Wildman–Crippen LogP) is 2.06. The Bertz CT molecular complexity index is 493. The minimum absolute atomic E-state index is 0.0850. The van der Waals surface area contributed by atoms with Crippen molar-refractivity contribution >= 4 is 39.3 Å². The Morgan fingerprint density at radius 2 is 2.22 bits per heavy atom. The van der Waals surface area contributed by atoms with Gasteiger partial charge in [0.25, 0.3) is 5.91 Å². The van der Waals surface area contributed by atoms with E-state index in [1.54, 1.807) is 18.2 Å². The van der Waals surface area contributed by atoms with Crippen LogP contribution in [0.5, 0.6) is 0 Å². The average Bonchev–Trinajstić information content (AvgIpc) is 2.56. The first-order chi connectivity index (χ1) is 8.58. The van der Waals surface area contributed by atoms with Crippen LogP contribution in [0.15, 0.2) is 22.7 Å². The van der Waals surface area contributed by atoms with Gasteiger partial charge in [0.15, 0.2) is 0 Å². The average molecular weight is 332 g/mol. The molecule has 0 saturated carbocycles. The largest absolute Gasteiger partial charge is 0.354 e. The molecular weight excluding hydrogens is 320 g/mol. The summed E-state index contributed by atoms with van der Waals surface area (Å²) >= 11 is 9.33. The summed E-state index contributed by atoms with van der Waals surface area (Å²) < 4.78 is 0.787. The van der Waals surface area contributed by atoms with Crippen LogP contribution in [-0.2, 0) is 4.79 Å². The summed E-state index contributed by atoms with van der Waals surface area (Å²) in [5, 5.41) is 3.13. The molecule has 0 aliphatic carbocycles. The zero-order chi connectivity index (χ0) is 13.1. The van der Waals surface area contributed by atoms with Crippen LogP contribution in [0.1, 0.15) is 16.8 Å². The number of carbonyl (C=O) groups excluding carboxylic acids is 2. The highest BCUT2D eigenvalue weighted by Gasteiger charge is 2.22. The number of nitrogens with zero attached hydrogens (tertiary/aromatic N) is 1. The van der Waals surface area contributed by atoms with Gasteiger partial charge in [-0.15, -0.1) is 0 Å². The lowest BCUT2D eigenvalue weighted by molar-refractivity contribution is -0.121. The summed E-state index contributed by atoms with van der Waals surface area (Å²) in [4.78, 5) is 25.3. The number of halogens is 2. The molecule has 1 fully saturated rings. The van der Waals surface area contributed by atoms with E-state index in [0.717, 1.165) is 10.9 Å². The summed E-state index contributed by atoms with van der Waals surface area (Å²) in [7, 11) is 0. The first-order valence-electron chi connectivity index (χ1n) is 5.59. The van der Waals surface area contributed by atoms with Crippen LogP contribution < -0.4 is 5.32 Å². The van der Waals surface area contributed by atoms with E-state index in [0.29, 0.717) is 23.7 Å². The van der Waals surface area contributed by atoms with Crippen molar-refractivity contribution in [1.29, 1.82) is 0 Å². The standard InChI is InChI=1S/C12H12BrClN2O2/c13-8-2-3-10(14)9(6-8)12(18)16-5-1-4-15-11(17)7-16/h2-3,6H,1,4-5,7H2,(H,15,17). The molecule has 4 nitrogen and oxygen atoms in total. The number of amides is 2. The second-order valence-corrected chi connectivity index (χ2v) is 5.38. The van der Waals surface area contributed by atoms with Crippen LogP contribution >= 0.6 is 27.5 Å². The molecule has 0 radical (unpaired) electrons. The topological polar surface area (TPSA) is 49.4 Å². The lowest BCUT2D eigenvalue weighted by atomic mass is 10.2. The third kappa shape index (κ3) is 3.03. The number of nitrogens with one attached hydrogen (secondary N) is 1. The molecule has 1 N–H and O–H groups in total. The van der Waals surface area contributed by atoms with Crippen LogP contribution in [0, 0.1) is 0 Å². The summed E-state index contributed by atoms with van der Waals surface area (Å²) in [6.07, 6.45) is 0.753. The van der Waals surface area contributed by atoms with E-state index in [4.69, 9.17) is 11.6 Å². The molecule has 1 heterocycles. The molecule has 1 aromatic rings. The van der Waals surface area contributed by atoms with Gasteiger partial charge in [0, 0.05) is 17.6 Å². The van der Waals surface area contributed by atoms with Crippen molar-refractivity contribution in [1.82, 2.24) is 10.2 Å². The molecule has 0 aromatic heterocycles. The lowest BCUT2D eigenvalue weighted by Gasteiger charge is -2.19. The molecule has 1 aromatic carbocycles. The first kappa shape index (κ1) is 13.4. The van der Waals surface area contributed by atoms with Crippen molar-refractivity contribution in [3.8, 4) is 0 Å². The highest BCUT2D eigenvalue weighted by Crippen LogP contribution is 2.22. The number of rotatable bonds is 1. The molecule has 0 unspecified atom stereocenters. The van der Waals surface area contributed by atoms with Crippen molar-refractivity contribution in [2.45, 2.75) is 6.42 Å². The highest BCUT2D eigenvalue weighted by atomic mass is 79.9. The van der Waals surface area contributed by atoms with Crippen LogP contribution in [0.2, 0.25) is 5.02 Å².